The molecule has 1 aliphatic rings. The molecule has 1 aromatic heterocycles. The van der Waals surface area contributed by atoms with Crippen LogP contribution < -0.4 is 14.4 Å². The summed E-state index contributed by atoms with van der Waals surface area (Å²) in [5.74, 6) is -0.957. The van der Waals surface area contributed by atoms with Gasteiger partial charge in [0.05, 0.1) is 37.7 Å². The summed E-state index contributed by atoms with van der Waals surface area (Å²) >= 11 is 5.96. The molecule has 0 spiro atoms. The molecule has 1 amide bonds. The van der Waals surface area contributed by atoms with Gasteiger partial charge in [0.1, 0.15) is 5.76 Å². The smallest absolute Gasteiger partial charge is 0.300 e. The number of carbonyl (C=O) groups excluding carboxylic acids is 2. The first-order valence-electron chi connectivity index (χ1n) is 9.65. The summed E-state index contributed by atoms with van der Waals surface area (Å²) in [6, 6.07) is 13.9. The number of ketones is 1. The zero-order valence-electron chi connectivity index (χ0n) is 17.3. The fraction of sp³-hybridized carbons (Fsp3) is 0.125. The van der Waals surface area contributed by atoms with Crippen molar-refractivity contribution in [1.82, 2.24) is 4.98 Å². The molecule has 1 N–H and O–H groups in total. The van der Waals surface area contributed by atoms with Gasteiger partial charge in [-0.05, 0) is 54.1 Å². The van der Waals surface area contributed by atoms with E-state index in [4.69, 9.17) is 21.1 Å². The maximum Gasteiger partial charge on any atom is 0.300 e. The van der Waals surface area contributed by atoms with Crippen LogP contribution in [0.5, 0.6) is 11.5 Å². The predicted molar refractivity (Wildman–Crippen MR) is 120 cm³/mol. The van der Waals surface area contributed by atoms with E-state index in [1.807, 2.05) is 0 Å². The van der Waals surface area contributed by atoms with Crippen molar-refractivity contribution in [1.29, 1.82) is 0 Å². The Labute approximate surface area is 189 Å². The van der Waals surface area contributed by atoms with Gasteiger partial charge in [-0.15, -0.1) is 0 Å². The largest absolute Gasteiger partial charge is 0.507 e. The van der Waals surface area contributed by atoms with Gasteiger partial charge in [0.25, 0.3) is 11.7 Å². The van der Waals surface area contributed by atoms with E-state index < -0.39 is 17.7 Å². The summed E-state index contributed by atoms with van der Waals surface area (Å²) in [5, 5.41) is 11.6. The summed E-state index contributed by atoms with van der Waals surface area (Å²) in [7, 11) is 3.01. The number of aromatic nitrogens is 1. The van der Waals surface area contributed by atoms with E-state index in [9.17, 15) is 14.7 Å². The van der Waals surface area contributed by atoms with Crippen LogP contribution in [0.3, 0.4) is 0 Å². The van der Waals surface area contributed by atoms with Crippen molar-refractivity contribution in [3.05, 3.63) is 88.7 Å². The van der Waals surface area contributed by atoms with E-state index in [1.54, 1.807) is 60.8 Å². The Bertz CT molecular complexity index is 1210. The highest BCUT2D eigenvalue weighted by Crippen LogP contribution is 2.43. The Hall–Kier alpha value is -3.84. The zero-order valence-corrected chi connectivity index (χ0v) is 18.0. The Morgan fingerprint density at radius 2 is 1.75 bits per heavy atom. The Morgan fingerprint density at radius 3 is 2.38 bits per heavy atom. The van der Waals surface area contributed by atoms with Gasteiger partial charge in [0.15, 0.2) is 11.5 Å². The maximum absolute atomic E-state index is 13.1. The van der Waals surface area contributed by atoms with Gasteiger partial charge in [0.2, 0.25) is 0 Å². The fourth-order valence-electron chi connectivity index (χ4n) is 3.70. The third kappa shape index (κ3) is 3.67. The number of pyridine rings is 1. The van der Waals surface area contributed by atoms with Crippen LogP contribution in [0.25, 0.3) is 5.76 Å². The van der Waals surface area contributed by atoms with Crippen molar-refractivity contribution in [2.75, 3.05) is 19.1 Å². The molecule has 7 nitrogen and oxygen atoms in total. The number of anilines is 1. The summed E-state index contributed by atoms with van der Waals surface area (Å²) in [6.45, 7) is 0. The van der Waals surface area contributed by atoms with Crippen molar-refractivity contribution < 1.29 is 24.2 Å². The molecule has 3 aromatic rings. The molecule has 0 radical (unpaired) electrons. The van der Waals surface area contributed by atoms with E-state index in [-0.39, 0.29) is 11.3 Å². The molecule has 162 valence electrons. The molecule has 2 aromatic carbocycles. The third-order valence-electron chi connectivity index (χ3n) is 5.21. The van der Waals surface area contributed by atoms with Crippen LogP contribution in [0.1, 0.15) is 17.2 Å². The predicted octanol–water partition coefficient (Wildman–Crippen LogP) is 4.38. The molecule has 0 bridgehead atoms. The van der Waals surface area contributed by atoms with Gasteiger partial charge in [-0.1, -0.05) is 17.7 Å². The van der Waals surface area contributed by atoms with E-state index in [2.05, 4.69) is 4.98 Å². The van der Waals surface area contributed by atoms with Gasteiger partial charge in [0, 0.05) is 16.8 Å². The highest BCUT2D eigenvalue weighted by molar-refractivity contribution is 6.51. The molecule has 0 unspecified atom stereocenters. The van der Waals surface area contributed by atoms with Crippen molar-refractivity contribution >= 4 is 34.7 Å². The molecule has 1 saturated heterocycles. The van der Waals surface area contributed by atoms with Gasteiger partial charge in [-0.2, -0.15) is 0 Å². The number of Topliss-reactive ketones (excluding diaryl/α,β-unsaturated/α-hetero) is 1. The lowest BCUT2D eigenvalue weighted by Crippen LogP contribution is -2.29. The van der Waals surface area contributed by atoms with Crippen LogP contribution in [0.2, 0.25) is 5.02 Å². The topological polar surface area (TPSA) is 89.0 Å². The van der Waals surface area contributed by atoms with E-state index >= 15 is 0 Å². The Kier molecular flexibility index (Phi) is 5.83. The molecule has 0 aliphatic carbocycles. The Morgan fingerprint density at radius 1 is 1.03 bits per heavy atom. The number of aliphatic hydroxyl groups is 1. The zero-order chi connectivity index (χ0) is 22.8. The van der Waals surface area contributed by atoms with Crippen molar-refractivity contribution in [2.24, 2.45) is 0 Å². The monoisotopic (exact) mass is 450 g/mol. The van der Waals surface area contributed by atoms with Gasteiger partial charge >= 0.3 is 0 Å². The van der Waals surface area contributed by atoms with Crippen LogP contribution in [0, 0.1) is 0 Å². The molecule has 1 fully saturated rings. The van der Waals surface area contributed by atoms with Gasteiger partial charge in [-0.3, -0.25) is 19.5 Å². The van der Waals surface area contributed by atoms with E-state index in [1.165, 1.54) is 25.3 Å². The number of halogens is 1. The highest BCUT2D eigenvalue weighted by atomic mass is 35.5. The molecule has 1 aliphatic heterocycles. The van der Waals surface area contributed by atoms with Crippen molar-refractivity contribution in [2.45, 2.75) is 6.04 Å². The number of amides is 1. The van der Waals surface area contributed by atoms with Gasteiger partial charge < -0.3 is 14.6 Å². The number of ether oxygens (including phenoxy) is 2. The van der Waals surface area contributed by atoms with Crippen LogP contribution >= 0.6 is 11.6 Å². The molecular formula is C24H19ClN2O5. The lowest BCUT2D eigenvalue weighted by molar-refractivity contribution is -0.132. The second-order valence-corrected chi connectivity index (χ2v) is 7.44. The number of nitrogens with zero attached hydrogens (tertiary/aromatic N) is 2. The third-order valence-corrected chi connectivity index (χ3v) is 5.46. The summed E-state index contributed by atoms with van der Waals surface area (Å²) in [6.07, 6.45) is 3.06. The number of benzene rings is 2. The van der Waals surface area contributed by atoms with Gasteiger partial charge in [-0.25, -0.2) is 0 Å². The summed E-state index contributed by atoms with van der Waals surface area (Å²) in [4.78, 5) is 31.6. The minimum absolute atomic E-state index is 0.0478. The van der Waals surface area contributed by atoms with E-state index in [0.29, 0.717) is 33.3 Å². The summed E-state index contributed by atoms with van der Waals surface area (Å²) < 4.78 is 10.7. The fourth-order valence-corrected chi connectivity index (χ4v) is 3.82. The lowest BCUT2D eigenvalue weighted by Gasteiger charge is -2.25. The summed E-state index contributed by atoms with van der Waals surface area (Å²) in [5.41, 5.74) is 1.29. The molecular weight excluding hydrogens is 432 g/mol. The normalized spacial score (nSPS) is 17.5. The molecule has 32 heavy (non-hydrogen) atoms. The minimum Gasteiger partial charge on any atom is -0.507 e. The molecule has 2 heterocycles. The highest BCUT2D eigenvalue weighted by Gasteiger charge is 2.47. The average molecular weight is 451 g/mol. The van der Waals surface area contributed by atoms with Crippen LogP contribution in [-0.2, 0) is 9.59 Å². The molecule has 8 heteroatoms. The van der Waals surface area contributed by atoms with Crippen LogP contribution in [0.15, 0.2) is 72.6 Å². The quantitative estimate of drug-likeness (QED) is 0.352. The molecule has 4 rings (SSSR count). The lowest BCUT2D eigenvalue weighted by atomic mass is 9.95. The minimum atomic E-state index is -0.908. The Balaban J connectivity index is 1.96. The first-order valence-corrected chi connectivity index (χ1v) is 10.0. The van der Waals surface area contributed by atoms with Crippen LogP contribution in [-0.4, -0.2) is 36.0 Å². The van der Waals surface area contributed by atoms with E-state index in [0.717, 1.165) is 0 Å². The van der Waals surface area contributed by atoms with Crippen molar-refractivity contribution in [3.8, 4) is 11.5 Å². The first kappa shape index (κ1) is 21.4. The number of aliphatic hydroxyl groups excluding tert-OH is 1. The number of rotatable bonds is 5. The average Bonchev–Trinajstić information content (AvgIpc) is 3.09. The molecule has 1 atom stereocenters. The van der Waals surface area contributed by atoms with Crippen LogP contribution in [0.4, 0.5) is 5.69 Å². The second kappa shape index (κ2) is 8.72. The molecule has 0 saturated carbocycles. The number of hydrogen-bond acceptors (Lipinski definition) is 6. The number of hydrogen-bond donors (Lipinski definition) is 1. The first-order chi connectivity index (χ1) is 15.5. The number of methoxy groups -OCH3 is 2. The van der Waals surface area contributed by atoms with Crippen molar-refractivity contribution in [3.63, 3.8) is 0 Å². The second-order valence-electron chi connectivity index (χ2n) is 7.00. The number of carbonyl (C=O) groups is 2. The SMILES string of the molecule is COc1ccc([C@@H]2C(=C(O)c3ccc(Cl)cc3)C(=O)C(=O)N2c2cccnc2)cc1OC. The maximum atomic E-state index is 13.1. The standard InChI is InChI=1S/C24H19ClN2O5/c1-31-18-10-7-15(12-19(18)32-2)21-20(22(28)14-5-8-16(25)9-6-14)23(29)24(30)27(21)17-4-3-11-26-13-17/h3-13,21,28H,1-2H3/t21-/m1/s1.